The number of carboxylic acids is 1. The molecule has 1 aromatic carbocycles. The van der Waals surface area contributed by atoms with Gasteiger partial charge in [-0.05, 0) is 25.5 Å². The Morgan fingerprint density at radius 2 is 2.06 bits per heavy atom. The Kier molecular flexibility index (Phi) is 4.39. The molecule has 0 fully saturated rings. The number of nitrogens with one attached hydrogen (secondary N) is 1. The summed E-state index contributed by atoms with van der Waals surface area (Å²) >= 11 is 0. The minimum absolute atomic E-state index is 0.117. The Balaban J connectivity index is 2.82. The molecule has 0 radical (unpaired) electrons. The van der Waals surface area contributed by atoms with E-state index in [9.17, 15) is 13.6 Å². The monoisotopic (exact) mass is 245 g/mol. The van der Waals surface area contributed by atoms with Gasteiger partial charge in [-0.1, -0.05) is 0 Å². The topological polar surface area (TPSA) is 69.6 Å². The van der Waals surface area contributed by atoms with Crippen LogP contribution < -0.4 is 5.32 Å². The summed E-state index contributed by atoms with van der Waals surface area (Å²) in [7, 11) is 0. The molecule has 1 unspecified atom stereocenters. The first-order valence-electron chi connectivity index (χ1n) is 5.06. The van der Waals surface area contributed by atoms with Gasteiger partial charge in [-0.3, -0.25) is 0 Å². The molecule has 0 saturated heterocycles. The molecule has 0 aliphatic carbocycles. The molecule has 6 heteroatoms. The highest BCUT2D eigenvalue weighted by Gasteiger charge is 2.17. The highest BCUT2D eigenvalue weighted by Crippen LogP contribution is 2.20. The van der Waals surface area contributed by atoms with E-state index < -0.39 is 29.3 Å². The van der Waals surface area contributed by atoms with Gasteiger partial charge in [0.05, 0.1) is 17.4 Å². The second kappa shape index (κ2) is 5.58. The van der Waals surface area contributed by atoms with E-state index >= 15 is 0 Å². The first kappa shape index (κ1) is 13.4. The first-order valence-corrected chi connectivity index (χ1v) is 5.06. The van der Waals surface area contributed by atoms with Crippen molar-refractivity contribution in [2.24, 2.45) is 0 Å². The average molecular weight is 245 g/mol. The number of rotatable bonds is 5. The maximum atomic E-state index is 13.4. The summed E-state index contributed by atoms with van der Waals surface area (Å²) in [5.41, 5.74) is -0.822. The summed E-state index contributed by atoms with van der Waals surface area (Å²) in [5, 5.41) is 20.1. The molecule has 3 N–H and O–H groups in total. The Hall–Kier alpha value is -1.69. The summed E-state index contributed by atoms with van der Waals surface area (Å²) < 4.78 is 26.6. The van der Waals surface area contributed by atoms with Gasteiger partial charge in [0.15, 0.2) is 11.6 Å². The largest absolute Gasteiger partial charge is 0.478 e. The van der Waals surface area contributed by atoms with Gasteiger partial charge in [0, 0.05) is 6.54 Å². The van der Waals surface area contributed by atoms with Gasteiger partial charge in [0.25, 0.3) is 0 Å². The summed E-state index contributed by atoms with van der Waals surface area (Å²) in [5.74, 6) is -4.13. The van der Waals surface area contributed by atoms with Crippen LogP contribution in [0, 0.1) is 11.6 Å². The maximum Gasteiger partial charge on any atom is 0.338 e. The summed E-state index contributed by atoms with van der Waals surface area (Å²) in [6.07, 6.45) is -0.171. The zero-order valence-electron chi connectivity index (χ0n) is 9.20. The van der Waals surface area contributed by atoms with Crippen LogP contribution in [0.3, 0.4) is 0 Å². The van der Waals surface area contributed by atoms with Crippen molar-refractivity contribution in [3.8, 4) is 0 Å². The molecular weight excluding hydrogens is 232 g/mol. The molecule has 0 aromatic heterocycles. The van der Waals surface area contributed by atoms with Crippen LogP contribution in [0.15, 0.2) is 12.1 Å². The van der Waals surface area contributed by atoms with Gasteiger partial charge in [-0.25, -0.2) is 13.6 Å². The molecule has 0 spiro atoms. The molecule has 0 amide bonds. The molecule has 0 heterocycles. The van der Waals surface area contributed by atoms with Crippen molar-refractivity contribution in [3.63, 3.8) is 0 Å². The molecule has 17 heavy (non-hydrogen) atoms. The molecule has 0 aliphatic heterocycles. The number of hydrogen-bond acceptors (Lipinski definition) is 3. The highest BCUT2D eigenvalue weighted by atomic mass is 19.2. The lowest BCUT2D eigenvalue weighted by atomic mass is 10.1. The van der Waals surface area contributed by atoms with Crippen LogP contribution in [0.25, 0.3) is 0 Å². The molecule has 0 bridgehead atoms. The van der Waals surface area contributed by atoms with E-state index in [0.717, 1.165) is 12.1 Å². The quantitative estimate of drug-likeness (QED) is 0.740. The number of aliphatic hydroxyl groups excluding tert-OH is 1. The minimum Gasteiger partial charge on any atom is -0.478 e. The SMILES string of the molecule is CC(O)CCNc1ccc(C(=O)O)c(F)c1F. The van der Waals surface area contributed by atoms with E-state index in [2.05, 4.69) is 5.32 Å². The number of carbonyl (C=O) groups is 1. The number of halogens is 2. The van der Waals surface area contributed by atoms with Crippen molar-refractivity contribution in [2.45, 2.75) is 19.4 Å². The van der Waals surface area contributed by atoms with Crippen LogP contribution in [0.1, 0.15) is 23.7 Å². The van der Waals surface area contributed by atoms with E-state index in [1.54, 1.807) is 6.92 Å². The molecule has 0 saturated carbocycles. The first-order chi connectivity index (χ1) is 7.93. The van der Waals surface area contributed by atoms with Gasteiger partial charge in [-0.2, -0.15) is 0 Å². The Bertz CT molecular complexity index is 421. The van der Waals surface area contributed by atoms with Crippen LogP contribution >= 0.6 is 0 Å². The third kappa shape index (κ3) is 3.39. The van der Waals surface area contributed by atoms with Crippen molar-refractivity contribution in [3.05, 3.63) is 29.3 Å². The van der Waals surface area contributed by atoms with E-state index in [1.807, 2.05) is 0 Å². The lowest BCUT2D eigenvalue weighted by Gasteiger charge is -2.10. The fourth-order valence-corrected chi connectivity index (χ4v) is 1.27. The molecule has 1 atom stereocenters. The number of benzene rings is 1. The van der Waals surface area contributed by atoms with Crippen molar-refractivity contribution in [1.82, 2.24) is 0 Å². The van der Waals surface area contributed by atoms with E-state index in [1.165, 1.54) is 0 Å². The van der Waals surface area contributed by atoms with Crippen LogP contribution in [-0.4, -0.2) is 28.8 Å². The zero-order chi connectivity index (χ0) is 13.0. The third-order valence-corrected chi connectivity index (χ3v) is 2.19. The van der Waals surface area contributed by atoms with Crippen molar-refractivity contribution < 1.29 is 23.8 Å². The van der Waals surface area contributed by atoms with Crippen LogP contribution in [0.4, 0.5) is 14.5 Å². The molecule has 4 nitrogen and oxygen atoms in total. The number of aromatic carboxylic acids is 1. The van der Waals surface area contributed by atoms with Crippen LogP contribution in [0.2, 0.25) is 0 Å². The van der Waals surface area contributed by atoms with Crippen LogP contribution in [0.5, 0.6) is 0 Å². The van der Waals surface area contributed by atoms with Gasteiger partial charge in [0.2, 0.25) is 0 Å². The number of anilines is 1. The highest BCUT2D eigenvalue weighted by molar-refractivity contribution is 5.88. The molecular formula is C11H13F2NO3. The Morgan fingerprint density at radius 1 is 1.41 bits per heavy atom. The van der Waals surface area contributed by atoms with E-state index in [0.29, 0.717) is 6.42 Å². The standard InChI is InChI=1S/C11H13F2NO3/c1-6(15)4-5-14-8-3-2-7(11(16)17)9(12)10(8)13/h2-3,6,14-15H,4-5H2,1H3,(H,16,17). The van der Waals surface area contributed by atoms with Gasteiger partial charge in [0.1, 0.15) is 0 Å². The zero-order valence-corrected chi connectivity index (χ0v) is 9.20. The number of carboxylic acid groups (broad SMARTS) is 1. The fourth-order valence-electron chi connectivity index (χ4n) is 1.27. The van der Waals surface area contributed by atoms with Crippen molar-refractivity contribution >= 4 is 11.7 Å². The van der Waals surface area contributed by atoms with Gasteiger partial charge >= 0.3 is 5.97 Å². The second-order valence-corrected chi connectivity index (χ2v) is 3.66. The summed E-state index contributed by atoms with van der Waals surface area (Å²) in [6.45, 7) is 1.84. The lowest BCUT2D eigenvalue weighted by molar-refractivity contribution is 0.0690. The van der Waals surface area contributed by atoms with Crippen LogP contribution in [-0.2, 0) is 0 Å². The Morgan fingerprint density at radius 3 is 2.59 bits per heavy atom. The predicted octanol–water partition coefficient (Wildman–Crippen LogP) is 1.85. The number of aliphatic hydroxyl groups is 1. The normalized spacial score (nSPS) is 12.2. The third-order valence-electron chi connectivity index (χ3n) is 2.19. The number of hydrogen-bond donors (Lipinski definition) is 3. The average Bonchev–Trinajstić information content (AvgIpc) is 2.23. The Labute approximate surface area is 96.9 Å². The van der Waals surface area contributed by atoms with E-state index in [4.69, 9.17) is 10.2 Å². The predicted molar refractivity (Wildman–Crippen MR) is 58.1 cm³/mol. The summed E-state index contributed by atoms with van der Waals surface area (Å²) in [6, 6.07) is 2.15. The molecule has 1 aromatic rings. The lowest BCUT2D eigenvalue weighted by Crippen LogP contribution is -2.12. The second-order valence-electron chi connectivity index (χ2n) is 3.66. The van der Waals surface area contributed by atoms with Gasteiger partial charge < -0.3 is 15.5 Å². The van der Waals surface area contributed by atoms with Crippen molar-refractivity contribution in [2.75, 3.05) is 11.9 Å². The smallest absolute Gasteiger partial charge is 0.338 e. The van der Waals surface area contributed by atoms with E-state index in [-0.39, 0.29) is 12.2 Å². The maximum absolute atomic E-state index is 13.4. The minimum atomic E-state index is -1.52. The summed E-state index contributed by atoms with van der Waals surface area (Å²) in [4.78, 5) is 10.5. The fraction of sp³-hybridized carbons (Fsp3) is 0.364. The molecule has 1 rings (SSSR count). The molecule has 94 valence electrons. The molecule has 0 aliphatic rings. The van der Waals surface area contributed by atoms with Gasteiger partial charge in [-0.15, -0.1) is 0 Å². The van der Waals surface area contributed by atoms with Crippen molar-refractivity contribution in [1.29, 1.82) is 0 Å².